The van der Waals surface area contributed by atoms with Gasteiger partial charge in [-0.15, -0.1) is 0 Å². The van der Waals surface area contributed by atoms with Gasteiger partial charge in [0.2, 0.25) is 5.91 Å². The number of aromatic nitrogens is 2. The number of aromatic amines is 1. The molecule has 41 heavy (non-hydrogen) atoms. The number of aryl methyl sites for hydroxylation is 1. The minimum Gasteiger partial charge on any atom is -0.507 e. The van der Waals surface area contributed by atoms with Gasteiger partial charge in [-0.1, -0.05) is 63.2 Å². The van der Waals surface area contributed by atoms with Gasteiger partial charge in [-0.05, 0) is 53.3 Å². The van der Waals surface area contributed by atoms with Crippen LogP contribution in [0.2, 0.25) is 0 Å². The van der Waals surface area contributed by atoms with Gasteiger partial charge in [0, 0.05) is 42.0 Å². The van der Waals surface area contributed by atoms with E-state index in [0.717, 1.165) is 27.7 Å². The summed E-state index contributed by atoms with van der Waals surface area (Å²) in [4.78, 5) is 30.2. The number of amides is 1. The Labute approximate surface area is 239 Å². The molecule has 7 nitrogen and oxygen atoms in total. The molecule has 1 amide bonds. The van der Waals surface area contributed by atoms with Crippen molar-refractivity contribution in [3.8, 4) is 11.5 Å². The number of pyridine rings is 1. The van der Waals surface area contributed by atoms with Gasteiger partial charge in [-0.3, -0.25) is 9.59 Å². The highest BCUT2D eigenvalue weighted by atomic mass is 16.5. The first-order valence-corrected chi connectivity index (χ1v) is 13.9. The number of rotatable bonds is 8. The van der Waals surface area contributed by atoms with E-state index in [0.29, 0.717) is 41.6 Å². The van der Waals surface area contributed by atoms with E-state index in [1.54, 1.807) is 18.7 Å². The highest BCUT2D eigenvalue weighted by Gasteiger charge is 2.30. The maximum Gasteiger partial charge on any atom is 0.258 e. The number of H-pyrrole nitrogens is 1. The van der Waals surface area contributed by atoms with Gasteiger partial charge in [0.25, 0.3) is 5.56 Å². The Balaban J connectivity index is 1.70. The summed E-state index contributed by atoms with van der Waals surface area (Å²) < 4.78 is 7.00. The second-order valence-electron chi connectivity index (χ2n) is 11.7. The third kappa shape index (κ3) is 5.57. The van der Waals surface area contributed by atoms with Gasteiger partial charge in [0.05, 0.1) is 24.1 Å². The average Bonchev–Trinajstić information content (AvgIpc) is 3.31. The van der Waals surface area contributed by atoms with E-state index in [1.807, 2.05) is 93.6 Å². The van der Waals surface area contributed by atoms with E-state index in [2.05, 4.69) is 10.3 Å². The summed E-state index contributed by atoms with van der Waals surface area (Å²) >= 11 is 0. The molecular weight excluding hydrogens is 514 g/mol. The number of carbonyl (C=O) groups is 1. The molecule has 0 saturated heterocycles. The summed E-state index contributed by atoms with van der Waals surface area (Å²) in [6.45, 7) is 6.57. The Morgan fingerprint density at radius 2 is 1.66 bits per heavy atom. The molecule has 0 radical (unpaired) electrons. The smallest absolute Gasteiger partial charge is 0.258 e. The van der Waals surface area contributed by atoms with E-state index >= 15 is 0 Å². The molecule has 0 bridgehead atoms. The first-order valence-electron chi connectivity index (χ1n) is 13.9. The van der Waals surface area contributed by atoms with E-state index in [4.69, 9.17) is 4.74 Å². The molecular formula is C34H37N3O4. The van der Waals surface area contributed by atoms with Crippen molar-refractivity contribution in [3.63, 3.8) is 0 Å². The van der Waals surface area contributed by atoms with Crippen LogP contribution in [0.4, 0.5) is 0 Å². The minimum absolute atomic E-state index is 0.00615. The molecule has 212 valence electrons. The molecule has 0 aliphatic rings. The monoisotopic (exact) mass is 551 g/mol. The largest absolute Gasteiger partial charge is 0.507 e. The summed E-state index contributed by atoms with van der Waals surface area (Å²) in [7, 11) is 3.34. The first-order chi connectivity index (χ1) is 19.6. The number of ether oxygens (including phenoxy) is 1. The lowest BCUT2D eigenvalue weighted by Crippen LogP contribution is -2.29. The van der Waals surface area contributed by atoms with Gasteiger partial charge < -0.3 is 24.7 Å². The van der Waals surface area contributed by atoms with Crippen LogP contribution >= 0.6 is 0 Å². The molecule has 2 aromatic heterocycles. The Bertz CT molecular complexity index is 1770. The van der Waals surface area contributed by atoms with Crippen LogP contribution in [-0.2, 0) is 18.3 Å². The summed E-state index contributed by atoms with van der Waals surface area (Å²) in [5.74, 6) is 0.0673. The van der Waals surface area contributed by atoms with Gasteiger partial charge in [0.15, 0.2) is 0 Å². The highest BCUT2D eigenvalue weighted by molar-refractivity contribution is 5.88. The Morgan fingerprint density at radius 3 is 2.34 bits per heavy atom. The number of hydrogen-bond acceptors (Lipinski definition) is 4. The number of carbonyl (C=O) groups excluding carboxylic acids is 1. The molecule has 3 aromatic carbocycles. The molecule has 0 fully saturated rings. The van der Waals surface area contributed by atoms with Gasteiger partial charge in [-0.2, -0.15) is 0 Å². The Kier molecular flexibility index (Phi) is 7.63. The molecule has 5 rings (SSSR count). The van der Waals surface area contributed by atoms with Crippen molar-refractivity contribution >= 4 is 27.7 Å². The summed E-state index contributed by atoms with van der Waals surface area (Å²) in [6, 6.07) is 22.9. The molecule has 0 spiro atoms. The van der Waals surface area contributed by atoms with Crippen LogP contribution in [0.1, 0.15) is 55.5 Å². The number of nitrogens with zero attached hydrogens (tertiary/aromatic N) is 1. The average molecular weight is 552 g/mol. The van der Waals surface area contributed by atoms with Crippen LogP contribution in [0, 0.1) is 5.41 Å². The first kappa shape index (κ1) is 28.0. The van der Waals surface area contributed by atoms with Crippen molar-refractivity contribution in [2.24, 2.45) is 12.5 Å². The molecule has 0 aliphatic heterocycles. The number of methoxy groups -OCH3 is 1. The maximum atomic E-state index is 14.0. The number of para-hydroxylation sites is 2. The van der Waals surface area contributed by atoms with Crippen LogP contribution in [-0.4, -0.2) is 34.2 Å². The van der Waals surface area contributed by atoms with Gasteiger partial charge in [0.1, 0.15) is 11.5 Å². The standard InChI is InChI=1S/C34H37N3O4/c1-34(2,3)20-28(38)35-19-18-24-23-10-6-8-12-26(23)36-31(24)29(21-14-16-22(41-5)17-15-21)30-32(39)25-11-7-9-13-27(25)37(4)33(30)40/h6-17,29,36,39H,18-20H2,1-5H3,(H,35,38). The topological polar surface area (TPSA) is 96.3 Å². The number of hydrogen-bond donors (Lipinski definition) is 3. The van der Waals surface area contributed by atoms with Gasteiger partial charge in [-0.25, -0.2) is 0 Å². The molecule has 1 atom stereocenters. The van der Waals surface area contributed by atoms with Crippen LogP contribution in [0.5, 0.6) is 11.5 Å². The van der Waals surface area contributed by atoms with Crippen molar-refractivity contribution in [1.29, 1.82) is 0 Å². The fourth-order valence-corrected chi connectivity index (χ4v) is 5.64. The van der Waals surface area contributed by atoms with E-state index < -0.39 is 5.92 Å². The Hall–Kier alpha value is -4.52. The zero-order chi connectivity index (χ0) is 29.3. The molecule has 1 unspecified atom stereocenters. The third-order valence-electron chi connectivity index (χ3n) is 7.57. The van der Waals surface area contributed by atoms with E-state index in [9.17, 15) is 14.7 Å². The fourth-order valence-electron chi connectivity index (χ4n) is 5.64. The summed E-state index contributed by atoms with van der Waals surface area (Å²) in [6.07, 6.45) is 0.986. The van der Waals surface area contributed by atoms with Crippen LogP contribution in [0.15, 0.2) is 77.6 Å². The number of nitrogens with one attached hydrogen (secondary N) is 2. The van der Waals surface area contributed by atoms with Crippen molar-refractivity contribution in [2.45, 2.75) is 39.5 Å². The van der Waals surface area contributed by atoms with Crippen LogP contribution < -0.4 is 15.6 Å². The lowest BCUT2D eigenvalue weighted by molar-refractivity contribution is -0.122. The number of aromatic hydroxyl groups is 1. The quantitative estimate of drug-likeness (QED) is 0.220. The van der Waals surface area contributed by atoms with E-state index in [1.165, 1.54) is 0 Å². The minimum atomic E-state index is -0.600. The van der Waals surface area contributed by atoms with Crippen molar-refractivity contribution in [1.82, 2.24) is 14.9 Å². The maximum absolute atomic E-state index is 14.0. The summed E-state index contributed by atoms with van der Waals surface area (Å²) in [5.41, 5.74) is 4.13. The lowest BCUT2D eigenvalue weighted by atomic mass is 9.85. The molecule has 0 aliphatic carbocycles. The molecule has 7 heteroatoms. The van der Waals surface area contributed by atoms with Crippen molar-refractivity contribution in [2.75, 3.05) is 13.7 Å². The SMILES string of the molecule is COc1ccc(C(c2[nH]c3ccccc3c2CCNC(=O)CC(C)(C)C)c2c(O)c3ccccc3n(C)c2=O)cc1. The molecule has 2 heterocycles. The van der Waals surface area contributed by atoms with Crippen molar-refractivity contribution in [3.05, 3.63) is 106 Å². The third-order valence-corrected chi connectivity index (χ3v) is 7.57. The van der Waals surface area contributed by atoms with Crippen LogP contribution in [0.25, 0.3) is 21.8 Å². The number of fused-ring (bicyclic) bond motifs is 2. The van der Waals surface area contributed by atoms with Crippen LogP contribution in [0.3, 0.4) is 0 Å². The molecule has 5 aromatic rings. The van der Waals surface area contributed by atoms with Gasteiger partial charge >= 0.3 is 0 Å². The Morgan fingerprint density at radius 1 is 1.00 bits per heavy atom. The summed E-state index contributed by atoms with van der Waals surface area (Å²) in [5, 5.41) is 16.4. The number of benzene rings is 3. The lowest BCUT2D eigenvalue weighted by Gasteiger charge is -2.22. The zero-order valence-electron chi connectivity index (χ0n) is 24.2. The second kappa shape index (κ2) is 11.2. The predicted octanol–water partition coefficient (Wildman–Crippen LogP) is 6.01. The van der Waals surface area contributed by atoms with E-state index in [-0.39, 0.29) is 22.6 Å². The fraction of sp³-hybridized carbons (Fsp3) is 0.294. The molecule has 3 N–H and O–H groups in total. The molecule has 0 saturated carbocycles. The second-order valence-corrected chi connectivity index (χ2v) is 11.7. The predicted molar refractivity (Wildman–Crippen MR) is 164 cm³/mol. The zero-order valence-corrected chi connectivity index (χ0v) is 24.2. The van der Waals surface area contributed by atoms with Crippen molar-refractivity contribution < 1.29 is 14.6 Å². The highest BCUT2D eigenvalue weighted by Crippen LogP contribution is 2.41. The normalized spacial score (nSPS) is 12.5.